The molecule has 0 aliphatic carbocycles. The van der Waals surface area contributed by atoms with E-state index in [1.54, 1.807) is 12.1 Å². The number of hydrogen-bond donors (Lipinski definition) is 3. The second kappa shape index (κ2) is 5.57. The number of amides is 1. The van der Waals surface area contributed by atoms with Crippen LogP contribution in [0.2, 0.25) is 0 Å². The number of benzene rings is 1. The zero-order valence-corrected chi connectivity index (χ0v) is 10.9. The molecule has 1 heterocycles. The Morgan fingerprint density at radius 1 is 1.16 bits per heavy atom. The fraction of sp³-hybridized carbons (Fsp3) is 0.0833. The number of hydrogen-bond acceptors (Lipinski definition) is 6. The van der Waals surface area contributed by atoms with E-state index in [9.17, 15) is 4.79 Å². The van der Waals surface area contributed by atoms with Crippen molar-refractivity contribution in [3.05, 3.63) is 41.5 Å². The summed E-state index contributed by atoms with van der Waals surface area (Å²) in [7, 11) is 0. The van der Waals surface area contributed by atoms with Gasteiger partial charge in [-0.2, -0.15) is 0 Å². The topological polar surface area (TPSA) is 121 Å². The average Bonchev–Trinajstić information content (AvgIpc) is 2.35. The first-order valence-electron chi connectivity index (χ1n) is 5.47. The lowest BCUT2D eigenvalue weighted by molar-refractivity contribution is 0.0999. The minimum Gasteiger partial charge on any atom is -0.383 e. The van der Waals surface area contributed by atoms with Crippen molar-refractivity contribution in [3.8, 4) is 0 Å². The van der Waals surface area contributed by atoms with Crippen LogP contribution in [0, 0.1) is 0 Å². The standard InChI is InChI=1S/C12H13N5OS/c13-9-5-10(14)17-12(16-9)19-6-7-3-1-2-4-8(7)11(15)18/h1-5H,6H2,(H2,15,18)(H4,13,14,16,17). The first-order chi connectivity index (χ1) is 9.06. The Bertz CT molecular complexity index is 597. The predicted molar refractivity (Wildman–Crippen MR) is 75.4 cm³/mol. The fourth-order valence-electron chi connectivity index (χ4n) is 1.56. The summed E-state index contributed by atoms with van der Waals surface area (Å²) in [5, 5.41) is 0.469. The van der Waals surface area contributed by atoms with Crippen molar-refractivity contribution in [1.82, 2.24) is 9.97 Å². The van der Waals surface area contributed by atoms with Gasteiger partial charge in [0.25, 0.3) is 0 Å². The van der Waals surface area contributed by atoms with E-state index in [-0.39, 0.29) is 0 Å². The predicted octanol–water partition coefficient (Wildman–Crippen LogP) is 1.03. The second-order valence-corrected chi connectivity index (χ2v) is 4.75. The van der Waals surface area contributed by atoms with Gasteiger partial charge in [0.15, 0.2) is 5.16 Å². The Kier molecular flexibility index (Phi) is 3.86. The highest BCUT2D eigenvalue weighted by atomic mass is 32.2. The third-order valence-electron chi connectivity index (χ3n) is 2.38. The van der Waals surface area contributed by atoms with E-state index < -0.39 is 5.91 Å². The van der Waals surface area contributed by atoms with E-state index in [1.165, 1.54) is 17.8 Å². The van der Waals surface area contributed by atoms with Crippen LogP contribution in [-0.4, -0.2) is 15.9 Å². The first-order valence-corrected chi connectivity index (χ1v) is 6.45. The quantitative estimate of drug-likeness (QED) is 0.566. The smallest absolute Gasteiger partial charge is 0.249 e. The van der Waals surface area contributed by atoms with Gasteiger partial charge in [-0.3, -0.25) is 4.79 Å². The molecule has 0 unspecified atom stereocenters. The molecule has 1 aromatic heterocycles. The maximum Gasteiger partial charge on any atom is 0.249 e. The molecule has 1 amide bonds. The van der Waals surface area contributed by atoms with Crippen LogP contribution in [0.1, 0.15) is 15.9 Å². The Labute approximate surface area is 114 Å². The van der Waals surface area contributed by atoms with Gasteiger partial charge in [0, 0.05) is 17.4 Å². The summed E-state index contributed by atoms with van der Waals surface area (Å²) in [6.45, 7) is 0. The van der Waals surface area contributed by atoms with Crippen molar-refractivity contribution in [3.63, 3.8) is 0 Å². The summed E-state index contributed by atoms with van der Waals surface area (Å²) >= 11 is 1.34. The Morgan fingerprint density at radius 2 is 1.79 bits per heavy atom. The van der Waals surface area contributed by atoms with Gasteiger partial charge < -0.3 is 17.2 Å². The number of carbonyl (C=O) groups is 1. The largest absolute Gasteiger partial charge is 0.383 e. The maximum atomic E-state index is 11.3. The number of nitrogens with two attached hydrogens (primary N) is 3. The van der Waals surface area contributed by atoms with Crippen molar-refractivity contribution in [1.29, 1.82) is 0 Å². The highest BCUT2D eigenvalue weighted by Gasteiger charge is 2.09. The SMILES string of the molecule is NC(=O)c1ccccc1CSc1nc(N)cc(N)n1. The Morgan fingerprint density at radius 3 is 2.42 bits per heavy atom. The molecule has 0 atom stereocenters. The molecule has 0 saturated heterocycles. The van der Waals surface area contributed by atoms with Crippen LogP contribution in [0.4, 0.5) is 11.6 Å². The number of nitrogen functional groups attached to an aromatic ring is 2. The molecule has 98 valence electrons. The summed E-state index contributed by atoms with van der Waals surface area (Å²) in [5.74, 6) is 0.697. The molecule has 6 N–H and O–H groups in total. The molecule has 6 nitrogen and oxygen atoms in total. The molecule has 0 spiro atoms. The average molecular weight is 275 g/mol. The van der Waals surface area contributed by atoms with E-state index in [0.29, 0.717) is 28.1 Å². The monoisotopic (exact) mass is 275 g/mol. The van der Waals surface area contributed by atoms with E-state index in [1.807, 2.05) is 12.1 Å². The lowest BCUT2D eigenvalue weighted by Gasteiger charge is -2.06. The van der Waals surface area contributed by atoms with Crippen LogP contribution in [-0.2, 0) is 5.75 Å². The zero-order valence-electron chi connectivity index (χ0n) is 10.0. The number of rotatable bonds is 4. The van der Waals surface area contributed by atoms with Gasteiger partial charge >= 0.3 is 0 Å². The van der Waals surface area contributed by atoms with E-state index in [0.717, 1.165) is 5.56 Å². The van der Waals surface area contributed by atoms with Crippen molar-refractivity contribution in [2.45, 2.75) is 10.9 Å². The molecular weight excluding hydrogens is 262 g/mol. The van der Waals surface area contributed by atoms with Crippen LogP contribution >= 0.6 is 11.8 Å². The number of anilines is 2. The van der Waals surface area contributed by atoms with Crippen molar-refractivity contribution in [2.24, 2.45) is 5.73 Å². The van der Waals surface area contributed by atoms with Crippen molar-refractivity contribution in [2.75, 3.05) is 11.5 Å². The summed E-state index contributed by atoms with van der Waals surface area (Å²) in [5.41, 5.74) is 17.8. The van der Waals surface area contributed by atoms with Gasteiger partial charge in [-0.05, 0) is 11.6 Å². The molecule has 19 heavy (non-hydrogen) atoms. The van der Waals surface area contributed by atoms with Gasteiger partial charge in [0.2, 0.25) is 5.91 Å². The molecule has 0 aliphatic heterocycles. The fourth-order valence-corrected chi connectivity index (χ4v) is 2.43. The number of primary amides is 1. The Hall–Kier alpha value is -2.28. The normalized spacial score (nSPS) is 10.3. The molecule has 2 rings (SSSR count). The zero-order chi connectivity index (χ0) is 13.8. The molecular formula is C12H13N5OS. The molecule has 7 heteroatoms. The molecule has 0 saturated carbocycles. The minimum atomic E-state index is -0.454. The number of thioether (sulfide) groups is 1. The minimum absolute atomic E-state index is 0.318. The van der Waals surface area contributed by atoms with Crippen molar-refractivity contribution < 1.29 is 4.79 Å². The summed E-state index contributed by atoms with van der Waals surface area (Å²) < 4.78 is 0. The summed E-state index contributed by atoms with van der Waals surface area (Å²) in [6, 6.07) is 8.62. The van der Waals surface area contributed by atoms with Crippen LogP contribution < -0.4 is 17.2 Å². The number of aromatic nitrogens is 2. The van der Waals surface area contributed by atoms with Crippen LogP contribution in [0.5, 0.6) is 0 Å². The van der Waals surface area contributed by atoms with Gasteiger partial charge in [-0.1, -0.05) is 30.0 Å². The highest BCUT2D eigenvalue weighted by molar-refractivity contribution is 7.98. The van der Waals surface area contributed by atoms with E-state index in [4.69, 9.17) is 17.2 Å². The highest BCUT2D eigenvalue weighted by Crippen LogP contribution is 2.23. The van der Waals surface area contributed by atoms with Crippen LogP contribution in [0.15, 0.2) is 35.5 Å². The maximum absolute atomic E-state index is 11.3. The Balaban J connectivity index is 2.16. The van der Waals surface area contributed by atoms with Gasteiger partial charge in [-0.25, -0.2) is 9.97 Å². The summed E-state index contributed by atoms with van der Waals surface area (Å²) in [4.78, 5) is 19.4. The van der Waals surface area contributed by atoms with Gasteiger partial charge in [0.05, 0.1) is 0 Å². The number of nitrogens with zero attached hydrogens (tertiary/aromatic N) is 2. The van der Waals surface area contributed by atoms with Crippen LogP contribution in [0.3, 0.4) is 0 Å². The van der Waals surface area contributed by atoms with E-state index in [2.05, 4.69) is 9.97 Å². The molecule has 2 aromatic rings. The molecule has 0 aliphatic rings. The van der Waals surface area contributed by atoms with Crippen molar-refractivity contribution >= 4 is 29.3 Å². The third-order valence-corrected chi connectivity index (χ3v) is 3.28. The molecule has 0 radical (unpaired) electrons. The van der Waals surface area contributed by atoms with E-state index >= 15 is 0 Å². The lowest BCUT2D eigenvalue weighted by atomic mass is 10.1. The summed E-state index contributed by atoms with van der Waals surface area (Å²) in [6.07, 6.45) is 0. The molecule has 0 fully saturated rings. The molecule has 0 bridgehead atoms. The first kappa shape index (κ1) is 13.2. The van der Waals surface area contributed by atoms with Gasteiger partial charge in [0.1, 0.15) is 11.6 Å². The lowest BCUT2D eigenvalue weighted by Crippen LogP contribution is -2.13. The third kappa shape index (κ3) is 3.35. The van der Waals surface area contributed by atoms with Gasteiger partial charge in [-0.15, -0.1) is 0 Å². The second-order valence-electron chi connectivity index (χ2n) is 3.81. The number of carbonyl (C=O) groups excluding carboxylic acids is 1. The van der Waals surface area contributed by atoms with Crippen LogP contribution in [0.25, 0.3) is 0 Å². The molecule has 1 aromatic carbocycles.